The molecule has 0 nitrogen and oxygen atoms in total. The van der Waals surface area contributed by atoms with Crippen LogP contribution in [-0.2, 0) is 0 Å². The van der Waals surface area contributed by atoms with Crippen LogP contribution in [0.2, 0.25) is 0 Å². The van der Waals surface area contributed by atoms with Gasteiger partial charge in [0, 0.05) is 4.53 Å². The molecule has 58 valence electrons. The van der Waals surface area contributed by atoms with Crippen LogP contribution in [0, 0.1) is 0 Å². The van der Waals surface area contributed by atoms with E-state index >= 15 is 0 Å². The zero-order valence-corrected chi connectivity index (χ0v) is 7.53. The van der Waals surface area contributed by atoms with Crippen LogP contribution < -0.4 is 9.75 Å². The number of hydrogen-bond acceptors (Lipinski definition) is 1. The van der Waals surface area contributed by atoms with Gasteiger partial charge in [-0.2, -0.15) is 0 Å². The Kier molecular flexibility index (Phi) is 3.12. The first kappa shape index (κ1) is 8.28. The first-order valence-electron chi connectivity index (χ1n) is 3.74. The molecule has 1 aromatic heterocycles. The molecule has 1 rings (SSSR count). The molecule has 0 aromatic carbocycles. The van der Waals surface area contributed by atoms with Gasteiger partial charge in [-0.05, 0) is 29.2 Å². The molecule has 0 atom stereocenters. The molecule has 0 saturated heterocycles. The van der Waals surface area contributed by atoms with Gasteiger partial charge in [-0.25, -0.2) is 0 Å². The Hall–Kier alpha value is -0.820. The Morgan fingerprint density at radius 3 is 3.00 bits per heavy atom. The zero-order valence-electron chi connectivity index (χ0n) is 6.71. The molecule has 0 bridgehead atoms. The summed E-state index contributed by atoms with van der Waals surface area (Å²) in [5.74, 6) is 0. The topological polar surface area (TPSA) is 0 Å². The molecule has 0 aliphatic heterocycles. The molecule has 11 heavy (non-hydrogen) atoms. The molecular weight excluding hydrogens is 152 g/mol. The molecule has 1 aromatic rings. The van der Waals surface area contributed by atoms with Crippen molar-refractivity contribution in [2.45, 2.75) is 13.3 Å². The molecule has 0 amide bonds. The van der Waals surface area contributed by atoms with Gasteiger partial charge >= 0.3 is 0 Å². The average molecular weight is 164 g/mol. The van der Waals surface area contributed by atoms with E-state index in [-0.39, 0.29) is 0 Å². The lowest BCUT2D eigenvalue weighted by Gasteiger charge is -1.74. The molecule has 1 heterocycles. The van der Waals surface area contributed by atoms with Gasteiger partial charge in [0.25, 0.3) is 0 Å². The highest BCUT2D eigenvalue weighted by Crippen LogP contribution is 1.83. The molecule has 0 aliphatic carbocycles. The smallest absolute Gasteiger partial charge is 0.0336 e. The fourth-order valence-electron chi connectivity index (χ4n) is 0.785. The third-order valence-corrected chi connectivity index (χ3v) is 2.32. The zero-order chi connectivity index (χ0) is 8.10. The Bertz CT molecular complexity index is 330. The minimum atomic E-state index is 1.09. The summed E-state index contributed by atoms with van der Waals surface area (Å²) in [6.45, 7) is 6.03. The number of rotatable bonds is 2. The van der Waals surface area contributed by atoms with Crippen molar-refractivity contribution in [3.05, 3.63) is 33.3 Å². The van der Waals surface area contributed by atoms with Gasteiger partial charge in [0.2, 0.25) is 0 Å². The summed E-state index contributed by atoms with van der Waals surface area (Å²) in [6, 6.07) is 2.04. The van der Waals surface area contributed by atoms with E-state index in [1.807, 2.05) is 6.07 Å². The summed E-state index contributed by atoms with van der Waals surface area (Å²) < 4.78 is 1.26. The normalized spacial score (nSPS) is 13.0. The van der Waals surface area contributed by atoms with Crippen molar-refractivity contribution in [3.63, 3.8) is 0 Å². The molecule has 1 heteroatoms. The minimum absolute atomic E-state index is 1.09. The van der Waals surface area contributed by atoms with E-state index < -0.39 is 0 Å². The Balaban J connectivity index is 2.92. The molecule has 0 aliphatic rings. The van der Waals surface area contributed by atoms with Gasteiger partial charge in [-0.3, -0.25) is 0 Å². The van der Waals surface area contributed by atoms with Crippen molar-refractivity contribution in [3.8, 4) is 0 Å². The Morgan fingerprint density at radius 2 is 2.45 bits per heavy atom. The number of thiophene rings is 1. The monoisotopic (exact) mass is 164 g/mol. The third kappa shape index (κ3) is 2.35. The Labute approximate surface area is 71.2 Å². The van der Waals surface area contributed by atoms with Crippen LogP contribution in [0.25, 0.3) is 12.7 Å². The second kappa shape index (κ2) is 4.14. The van der Waals surface area contributed by atoms with E-state index in [4.69, 9.17) is 0 Å². The fraction of sp³-hybridized carbons (Fsp3) is 0.200. The second-order valence-corrected chi connectivity index (χ2v) is 3.26. The number of hydrogen-bond donors (Lipinski definition) is 0. The maximum absolute atomic E-state index is 3.90. The van der Waals surface area contributed by atoms with Crippen LogP contribution in [0.15, 0.2) is 23.6 Å². The molecular formula is C10H12S. The van der Waals surface area contributed by atoms with Crippen LogP contribution in [0.1, 0.15) is 13.3 Å². The minimum Gasteiger partial charge on any atom is -0.144 e. The highest BCUT2D eigenvalue weighted by atomic mass is 32.1. The van der Waals surface area contributed by atoms with E-state index in [1.54, 1.807) is 11.3 Å². The predicted molar refractivity (Wildman–Crippen MR) is 53.0 cm³/mol. The average Bonchev–Trinajstić information content (AvgIpc) is 2.37. The van der Waals surface area contributed by atoms with Crippen LogP contribution in [-0.4, -0.2) is 0 Å². The quantitative estimate of drug-likeness (QED) is 0.626. The van der Waals surface area contributed by atoms with Gasteiger partial charge in [-0.1, -0.05) is 25.7 Å². The Morgan fingerprint density at radius 1 is 1.64 bits per heavy atom. The van der Waals surface area contributed by atoms with Gasteiger partial charge in [0.05, 0.1) is 0 Å². The van der Waals surface area contributed by atoms with Crippen LogP contribution in [0.5, 0.6) is 0 Å². The largest absolute Gasteiger partial charge is 0.144 e. The van der Waals surface area contributed by atoms with Gasteiger partial charge in [0.15, 0.2) is 0 Å². The highest BCUT2D eigenvalue weighted by Gasteiger charge is 1.79. The first-order chi connectivity index (χ1) is 5.34. The van der Waals surface area contributed by atoms with Gasteiger partial charge in [-0.15, -0.1) is 11.3 Å². The maximum Gasteiger partial charge on any atom is 0.0336 e. The van der Waals surface area contributed by atoms with Crippen LogP contribution >= 0.6 is 11.3 Å². The summed E-state index contributed by atoms with van der Waals surface area (Å²) in [7, 11) is 0. The fourth-order valence-corrected chi connectivity index (χ4v) is 1.54. The maximum atomic E-state index is 3.90. The summed E-state index contributed by atoms with van der Waals surface area (Å²) in [4.78, 5) is 0. The highest BCUT2D eigenvalue weighted by molar-refractivity contribution is 7.07. The lowest BCUT2D eigenvalue weighted by atomic mass is 10.4. The second-order valence-electron chi connectivity index (χ2n) is 2.31. The van der Waals surface area contributed by atoms with Crippen molar-refractivity contribution < 1.29 is 0 Å². The van der Waals surface area contributed by atoms with E-state index in [2.05, 4.69) is 37.1 Å². The van der Waals surface area contributed by atoms with Crippen molar-refractivity contribution in [1.29, 1.82) is 0 Å². The first-order valence-corrected chi connectivity index (χ1v) is 4.62. The molecule has 0 unspecified atom stereocenters. The summed E-state index contributed by atoms with van der Waals surface area (Å²) in [5, 5.41) is 3.18. The van der Waals surface area contributed by atoms with Crippen molar-refractivity contribution >= 4 is 24.0 Å². The van der Waals surface area contributed by atoms with Crippen molar-refractivity contribution in [2.24, 2.45) is 0 Å². The van der Waals surface area contributed by atoms with E-state index in [1.165, 1.54) is 4.53 Å². The van der Waals surface area contributed by atoms with E-state index in [9.17, 15) is 0 Å². The van der Waals surface area contributed by atoms with Crippen LogP contribution in [0.4, 0.5) is 0 Å². The SMILES string of the molecule is C=c1ccs/c1=C/C=C\CC. The van der Waals surface area contributed by atoms with Gasteiger partial charge < -0.3 is 0 Å². The van der Waals surface area contributed by atoms with Crippen molar-refractivity contribution in [2.75, 3.05) is 0 Å². The summed E-state index contributed by atoms with van der Waals surface area (Å²) in [5.41, 5.74) is 0. The number of allylic oxidation sites excluding steroid dienone is 2. The van der Waals surface area contributed by atoms with Crippen LogP contribution in [0.3, 0.4) is 0 Å². The lowest BCUT2D eigenvalue weighted by molar-refractivity contribution is 1.23. The molecule has 0 fully saturated rings. The molecule has 0 N–H and O–H groups in total. The molecule has 0 spiro atoms. The van der Waals surface area contributed by atoms with Gasteiger partial charge in [0.1, 0.15) is 0 Å². The molecule has 0 radical (unpaired) electrons. The molecule has 0 saturated carbocycles. The third-order valence-electron chi connectivity index (χ3n) is 1.40. The lowest BCUT2D eigenvalue weighted by Crippen LogP contribution is -2.14. The summed E-state index contributed by atoms with van der Waals surface area (Å²) >= 11 is 1.73. The standard InChI is InChI=1S/C10H12S/c1-3-4-5-6-10-9(2)7-8-11-10/h4-8H,2-3H2,1H3/b5-4-,10-6+. The van der Waals surface area contributed by atoms with E-state index in [0.29, 0.717) is 0 Å². The summed E-state index contributed by atoms with van der Waals surface area (Å²) in [6.07, 6.45) is 7.42. The van der Waals surface area contributed by atoms with E-state index in [0.717, 1.165) is 11.6 Å². The van der Waals surface area contributed by atoms with Crippen molar-refractivity contribution in [1.82, 2.24) is 0 Å². The predicted octanol–water partition coefficient (Wildman–Crippen LogP) is 1.91.